The SMILES string of the molecule is Cc1cc(OCC2(CC(=O)N(C)Cc3ccccc3)CCN(C(=O)Cc3ccccc3Br)CC2)ccc1Cl. The van der Waals surface area contributed by atoms with Crippen molar-refractivity contribution in [1.29, 1.82) is 0 Å². The monoisotopic (exact) mass is 596 g/mol. The summed E-state index contributed by atoms with van der Waals surface area (Å²) in [6.45, 7) is 4.11. The second-order valence-corrected chi connectivity index (χ2v) is 11.5. The highest BCUT2D eigenvalue weighted by Crippen LogP contribution is 2.37. The Labute approximate surface area is 238 Å². The number of ether oxygens (including phenoxy) is 1. The van der Waals surface area contributed by atoms with E-state index in [1.165, 1.54) is 0 Å². The molecular weight excluding hydrogens is 564 g/mol. The van der Waals surface area contributed by atoms with Gasteiger partial charge in [-0.15, -0.1) is 0 Å². The molecule has 0 saturated carbocycles. The first-order chi connectivity index (χ1) is 18.2. The number of benzene rings is 3. The number of piperidine rings is 1. The second kappa shape index (κ2) is 12.8. The van der Waals surface area contributed by atoms with Crippen molar-refractivity contribution in [2.24, 2.45) is 5.41 Å². The Hall–Kier alpha value is -2.83. The van der Waals surface area contributed by atoms with Crippen LogP contribution in [0.4, 0.5) is 0 Å². The van der Waals surface area contributed by atoms with Crippen LogP contribution in [0.15, 0.2) is 77.3 Å². The largest absolute Gasteiger partial charge is 0.493 e. The standard InChI is InChI=1S/C31H34BrClN2O3/c1-23-18-26(12-13-28(23)33)38-22-31(20-30(37)34(2)21-24-8-4-3-5-9-24)14-16-35(17-15-31)29(36)19-25-10-6-7-11-27(25)32/h3-13,18H,14-17,19-22H2,1-2H3. The van der Waals surface area contributed by atoms with E-state index in [1.54, 1.807) is 4.90 Å². The van der Waals surface area contributed by atoms with Crippen molar-refractivity contribution in [3.8, 4) is 5.75 Å². The average Bonchev–Trinajstić information content (AvgIpc) is 2.91. The van der Waals surface area contributed by atoms with Gasteiger partial charge in [0.25, 0.3) is 0 Å². The summed E-state index contributed by atoms with van der Waals surface area (Å²) < 4.78 is 7.19. The molecule has 1 fully saturated rings. The maximum absolute atomic E-state index is 13.4. The molecule has 0 unspecified atom stereocenters. The summed E-state index contributed by atoms with van der Waals surface area (Å²) in [6, 6.07) is 23.4. The van der Waals surface area contributed by atoms with Crippen molar-refractivity contribution < 1.29 is 14.3 Å². The number of carbonyl (C=O) groups excluding carboxylic acids is 2. The van der Waals surface area contributed by atoms with E-state index in [9.17, 15) is 9.59 Å². The zero-order valence-electron chi connectivity index (χ0n) is 22.0. The molecule has 1 aliphatic heterocycles. The normalized spacial score (nSPS) is 14.7. The number of aryl methyl sites for hydroxylation is 1. The zero-order valence-corrected chi connectivity index (χ0v) is 24.3. The lowest BCUT2D eigenvalue weighted by atomic mass is 9.75. The van der Waals surface area contributed by atoms with Gasteiger partial charge in [-0.2, -0.15) is 0 Å². The van der Waals surface area contributed by atoms with E-state index in [-0.39, 0.29) is 17.2 Å². The third kappa shape index (κ3) is 7.39. The molecule has 0 spiro atoms. The van der Waals surface area contributed by atoms with E-state index in [0.717, 1.165) is 26.9 Å². The molecule has 7 heteroatoms. The van der Waals surface area contributed by atoms with Crippen LogP contribution >= 0.6 is 27.5 Å². The van der Waals surface area contributed by atoms with Crippen LogP contribution in [0.1, 0.15) is 36.0 Å². The van der Waals surface area contributed by atoms with Crippen LogP contribution < -0.4 is 4.74 Å². The molecule has 0 radical (unpaired) electrons. The number of amides is 2. The molecule has 1 saturated heterocycles. The molecule has 1 aliphatic rings. The van der Waals surface area contributed by atoms with Crippen molar-refractivity contribution >= 4 is 39.3 Å². The highest BCUT2D eigenvalue weighted by atomic mass is 79.9. The molecule has 200 valence electrons. The number of nitrogens with zero attached hydrogens (tertiary/aromatic N) is 2. The van der Waals surface area contributed by atoms with Gasteiger partial charge in [0.1, 0.15) is 5.75 Å². The Bertz CT molecular complexity index is 1260. The van der Waals surface area contributed by atoms with Crippen LogP contribution in [0, 0.1) is 12.3 Å². The van der Waals surface area contributed by atoms with Crippen LogP contribution in [-0.4, -0.2) is 48.4 Å². The first-order valence-corrected chi connectivity index (χ1v) is 14.1. The van der Waals surface area contributed by atoms with E-state index in [0.29, 0.717) is 56.9 Å². The fourth-order valence-electron chi connectivity index (χ4n) is 4.86. The molecule has 0 aromatic heterocycles. The Morgan fingerprint density at radius 1 is 1.03 bits per heavy atom. The number of likely N-dealkylation sites (tertiary alicyclic amines) is 1. The quantitative estimate of drug-likeness (QED) is 0.276. The molecule has 0 N–H and O–H groups in total. The fraction of sp³-hybridized carbons (Fsp3) is 0.355. The van der Waals surface area contributed by atoms with E-state index in [1.807, 2.05) is 91.7 Å². The van der Waals surface area contributed by atoms with E-state index in [4.69, 9.17) is 16.3 Å². The van der Waals surface area contributed by atoms with Gasteiger partial charge < -0.3 is 14.5 Å². The third-order valence-electron chi connectivity index (χ3n) is 7.37. The number of halogens is 2. The molecule has 0 bridgehead atoms. The highest BCUT2D eigenvalue weighted by Gasteiger charge is 2.39. The Morgan fingerprint density at radius 3 is 2.39 bits per heavy atom. The van der Waals surface area contributed by atoms with Crippen molar-refractivity contribution in [2.45, 2.75) is 39.2 Å². The second-order valence-electron chi connectivity index (χ2n) is 10.3. The van der Waals surface area contributed by atoms with Crippen molar-refractivity contribution in [3.05, 3.63) is 99.0 Å². The fourth-order valence-corrected chi connectivity index (χ4v) is 5.41. The molecule has 3 aromatic carbocycles. The number of rotatable bonds is 9. The lowest BCUT2D eigenvalue weighted by Gasteiger charge is -2.42. The molecule has 5 nitrogen and oxygen atoms in total. The number of hydrogen-bond donors (Lipinski definition) is 0. The molecule has 2 amide bonds. The lowest BCUT2D eigenvalue weighted by molar-refractivity contribution is -0.137. The molecule has 0 atom stereocenters. The first-order valence-electron chi connectivity index (χ1n) is 12.9. The molecule has 4 rings (SSSR count). The average molecular weight is 598 g/mol. The summed E-state index contributed by atoms with van der Waals surface area (Å²) in [5.41, 5.74) is 2.66. The molecule has 38 heavy (non-hydrogen) atoms. The Kier molecular flexibility index (Phi) is 9.50. The maximum Gasteiger partial charge on any atom is 0.227 e. The first kappa shape index (κ1) is 28.2. The Morgan fingerprint density at radius 2 is 1.71 bits per heavy atom. The zero-order chi connectivity index (χ0) is 27.1. The summed E-state index contributed by atoms with van der Waals surface area (Å²) in [5.74, 6) is 0.925. The maximum atomic E-state index is 13.4. The van der Waals surface area contributed by atoms with Crippen LogP contribution in [0.25, 0.3) is 0 Å². The summed E-state index contributed by atoms with van der Waals surface area (Å²) >= 11 is 9.74. The number of carbonyl (C=O) groups is 2. The van der Waals surface area contributed by atoms with Gasteiger partial charge in [-0.3, -0.25) is 9.59 Å². The lowest BCUT2D eigenvalue weighted by Crippen LogP contribution is -2.48. The molecule has 0 aliphatic carbocycles. The van der Waals surface area contributed by atoms with Gasteiger partial charge in [0.15, 0.2) is 0 Å². The van der Waals surface area contributed by atoms with Gasteiger partial charge in [-0.1, -0.05) is 76.1 Å². The minimum absolute atomic E-state index is 0.0812. The summed E-state index contributed by atoms with van der Waals surface area (Å²) in [4.78, 5) is 30.2. The number of hydrogen-bond acceptors (Lipinski definition) is 3. The van der Waals surface area contributed by atoms with Crippen molar-refractivity contribution in [1.82, 2.24) is 9.80 Å². The van der Waals surface area contributed by atoms with Gasteiger partial charge in [0.2, 0.25) is 11.8 Å². The van der Waals surface area contributed by atoms with Gasteiger partial charge in [-0.05, 0) is 60.7 Å². The molecule has 1 heterocycles. The van der Waals surface area contributed by atoms with Gasteiger partial charge in [-0.25, -0.2) is 0 Å². The van der Waals surface area contributed by atoms with Crippen LogP contribution in [0.5, 0.6) is 5.75 Å². The van der Waals surface area contributed by atoms with E-state index < -0.39 is 0 Å². The summed E-state index contributed by atoms with van der Waals surface area (Å²) in [5, 5.41) is 0.696. The van der Waals surface area contributed by atoms with E-state index >= 15 is 0 Å². The van der Waals surface area contributed by atoms with Crippen LogP contribution in [0.2, 0.25) is 5.02 Å². The molecular formula is C31H34BrClN2O3. The van der Waals surface area contributed by atoms with E-state index in [2.05, 4.69) is 15.9 Å². The van der Waals surface area contributed by atoms with Crippen LogP contribution in [0.3, 0.4) is 0 Å². The van der Waals surface area contributed by atoms with Gasteiger partial charge >= 0.3 is 0 Å². The Balaban J connectivity index is 1.44. The van der Waals surface area contributed by atoms with Gasteiger partial charge in [0, 0.05) is 48.0 Å². The smallest absolute Gasteiger partial charge is 0.227 e. The third-order valence-corrected chi connectivity index (χ3v) is 8.56. The summed E-state index contributed by atoms with van der Waals surface area (Å²) in [6.07, 6.45) is 2.13. The predicted octanol–water partition coefficient (Wildman–Crippen LogP) is 6.69. The molecule has 3 aromatic rings. The minimum Gasteiger partial charge on any atom is -0.493 e. The summed E-state index contributed by atoms with van der Waals surface area (Å²) in [7, 11) is 1.85. The van der Waals surface area contributed by atoms with Gasteiger partial charge in [0.05, 0.1) is 13.0 Å². The van der Waals surface area contributed by atoms with Crippen molar-refractivity contribution in [3.63, 3.8) is 0 Å². The minimum atomic E-state index is -0.361. The van der Waals surface area contributed by atoms with Crippen LogP contribution in [-0.2, 0) is 22.6 Å². The predicted molar refractivity (Wildman–Crippen MR) is 155 cm³/mol. The highest BCUT2D eigenvalue weighted by molar-refractivity contribution is 9.10. The van der Waals surface area contributed by atoms with Crippen molar-refractivity contribution in [2.75, 3.05) is 26.7 Å². The topological polar surface area (TPSA) is 49.9 Å².